The van der Waals surface area contributed by atoms with Gasteiger partial charge in [-0.05, 0) is 43.9 Å². The Hall–Kier alpha value is -5.58. The second-order valence-electron chi connectivity index (χ2n) is 13.6. The van der Waals surface area contributed by atoms with Crippen LogP contribution in [0.25, 0.3) is 11.4 Å². The number of nitrogens with one attached hydrogen (secondary N) is 2. The molecule has 3 aromatic heterocycles. The molecule has 17 heteroatoms. The first kappa shape index (κ1) is 39.6. The fraction of sp³-hybridized carbons (Fsp3) is 0.486. The van der Waals surface area contributed by atoms with Gasteiger partial charge in [-0.15, -0.1) is 10.2 Å². The molecule has 0 aliphatic carbocycles. The van der Waals surface area contributed by atoms with Crippen LogP contribution < -0.4 is 10.6 Å². The van der Waals surface area contributed by atoms with E-state index in [0.717, 1.165) is 6.26 Å². The van der Waals surface area contributed by atoms with Gasteiger partial charge in [0.05, 0.1) is 25.3 Å². The SMILES string of the molecule is CC1=C\C(O)CC(F)Cc2nc(co2)C(=O)N2CCCC2C(=O)OC(C(C)C)C(CC(=O)NCCn2cc(-c3cccnn3)nn2)/C=C/C(=O)NC\C=C\1. The lowest BCUT2D eigenvalue weighted by molar-refractivity contribution is -0.159. The summed E-state index contributed by atoms with van der Waals surface area (Å²) in [6.45, 7) is 6.38. The van der Waals surface area contributed by atoms with Gasteiger partial charge in [-0.2, -0.15) is 5.10 Å². The molecule has 5 unspecified atom stereocenters. The molecule has 2 aliphatic rings. The number of alkyl halides is 1. The summed E-state index contributed by atoms with van der Waals surface area (Å²) < 4.78 is 27.9. The molecule has 2 bridgehead atoms. The highest BCUT2D eigenvalue weighted by atomic mass is 19.1. The van der Waals surface area contributed by atoms with Crippen LogP contribution in [-0.2, 0) is 32.1 Å². The van der Waals surface area contributed by atoms with E-state index in [1.54, 1.807) is 54.4 Å². The van der Waals surface area contributed by atoms with E-state index in [1.165, 1.54) is 17.1 Å². The molecule has 0 aromatic carbocycles. The molecule has 1 fully saturated rings. The molecule has 288 valence electrons. The number of amides is 3. The molecule has 0 spiro atoms. The minimum Gasteiger partial charge on any atom is -0.460 e. The number of oxazole rings is 1. The monoisotopic (exact) mass is 747 g/mol. The second kappa shape index (κ2) is 19.0. The number of rotatable bonds is 7. The minimum atomic E-state index is -1.50. The molecule has 5 atom stereocenters. The lowest BCUT2D eigenvalue weighted by Gasteiger charge is -2.30. The normalized spacial score (nSPS) is 25.6. The quantitative estimate of drug-likeness (QED) is 0.298. The fourth-order valence-corrected chi connectivity index (χ4v) is 6.32. The Morgan fingerprint density at radius 1 is 1.17 bits per heavy atom. The van der Waals surface area contributed by atoms with Crippen molar-refractivity contribution in [2.75, 3.05) is 19.6 Å². The van der Waals surface area contributed by atoms with Gasteiger partial charge in [-0.3, -0.25) is 19.1 Å². The van der Waals surface area contributed by atoms with Gasteiger partial charge in [0.25, 0.3) is 5.91 Å². The van der Waals surface area contributed by atoms with Crippen molar-refractivity contribution >= 4 is 23.7 Å². The number of nitrogens with zero attached hydrogens (tertiary/aromatic N) is 7. The van der Waals surface area contributed by atoms with Crippen LogP contribution in [0.2, 0.25) is 0 Å². The maximum atomic E-state index is 14.8. The third kappa shape index (κ3) is 11.2. The second-order valence-corrected chi connectivity index (χ2v) is 13.6. The highest BCUT2D eigenvalue weighted by Crippen LogP contribution is 2.27. The van der Waals surface area contributed by atoms with Crippen molar-refractivity contribution in [1.29, 1.82) is 0 Å². The first-order valence-corrected chi connectivity index (χ1v) is 18.0. The number of fused-ring (bicyclic) bond motifs is 3. The van der Waals surface area contributed by atoms with Crippen molar-refractivity contribution in [3.05, 3.63) is 78.3 Å². The van der Waals surface area contributed by atoms with Crippen LogP contribution in [-0.4, -0.2) is 108 Å². The molecule has 5 rings (SSSR count). The number of cyclic esters (lactones) is 1. The first-order chi connectivity index (χ1) is 26.0. The van der Waals surface area contributed by atoms with Crippen molar-refractivity contribution in [2.45, 2.75) is 83.8 Å². The van der Waals surface area contributed by atoms with Crippen LogP contribution in [0.3, 0.4) is 0 Å². The Kier molecular flexibility index (Phi) is 13.9. The molecule has 16 nitrogen and oxygen atoms in total. The minimum absolute atomic E-state index is 0.00745. The largest absolute Gasteiger partial charge is 0.460 e. The summed E-state index contributed by atoms with van der Waals surface area (Å²) in [6, 6.07) is 2.57. The Labute approximate surface area is 311 Å². The van der Waals surface area contributed by atoms with Crippen molar-refractivity contribution in [3.8, 4) is 11.4 Å². The number of esters is 1. The maximum absolute atomic E-state index is 14.8. The van der Waals surface area contributed by atoms with Crippen LogP contribution in [0, 0.1) is 11.8 Å². The van der Waals surface area contributed by atoms with Crippen molar-refractivity contribution in [2.24, 2.45) is 11.8 Å². The van der Waals surface area contributed by atoms with E-state index in [4.69, 9.17) is 9.15 Å². The zero-order valence-electron chi connectivity index (χ0n) is 30.5. The number of hydrogen-bond acceptors (Lipinski definition) is 12. The van der Waals surface area contributed by atoms with Crippen molar-refractivity contribution < 1.29 is 37.8 Å². The highest BCUT2D eigenvalue weighted by molar-refractivity contribution is 5.95. The number of carbonyl (C=O) groups is 4. The molecular formula is C37H46FN9O7. The Morgan fingerprint density at radius 2 is 2.00 bits per heavy atom. The van der Waals surface area contributed by atoms with Gasteiger partial charge < -0.3 is 29.8 Å². The average molecular weight is 748 g/mol. The molecule has 0 saturated carbocycles. The lowest BCUT2D eigenvalue weighted by atomic mass is 9.89. The Bertz CT molecular complexity index is 1840. The van der Waals surface area contributed by atoms with E-state index < -0.39 is 48.1 Å². The van der Waals surface area contributed by atoms with Gasteiger partial charge in [0.2, 0.25) is 11.8 Å². The van der Waals surface area contributed by atoms with E-state index in [0.29, 0.717) is 36.3 Å². The van der Waals surface area contributed by atoms with Crippen LogP contribution in [0.5, 0.6) is 0 Å². The third-order valence-corrected chi connectivity index (χ3v) is 8.96. The molecule has 5 heterocycles. The molecule has 3 amide bonds. The topological polar surface area (TPSA) is 208 Å². The predicted octanol–water partition coefficient (Wildman–Crippen LogP) is 2.54. The molecule has 54 heavy (non-hydrogen) atoms. The zero-order valence-corrected chi connectivity index (χ0v) is 30.5. The van der Waals surface area contributed by atoms with Gasteiger partial charge in [-0.25, -0.2) is 14.2 Å². The highest BCUT2D eigenvalue weighted by Gasteiger charge is 2.39. The van der Waals surface area contributed by atoms with E-state index in [2.05, 4.69) is 36.1 Å². The number of ether oxygens (including phenoxy) is 1. The molecule has 0 radical (unpaired) electrons. The van der Waals surface area contributed by atoms with Gasteiger partial charge in [0.1, 0.15) is 36.0 Å². The summed E-state index contributed by atoms with van der Waals surface area (Å²) >= 11 is 0. The summed E-state index contributed by atoms with van der Waals surface area (Å²) in [5, 5.41) is 32.1. The average Bonchev–Trinajstić information content (AvgIpc) is 3.92. The van der Waals surface area contributed by atoms with Crippen LogP contribution in [0.15, 0.2) is 71.2 Å². The third-order valence-electron chi connectivity index (χ3n) is 8.96. The van der Waals surface area contributed by atoms with E-state index in [1.807, 2.05) is 13.8 Å². The summed E-state index contributed by atoms with van der Waals surface area (Å²) in [7, 11) is 0. The summed E-state index contributed by atoms with van der Waals surface area (Å²) in [5.41, 5.74) is 1.68. The number of aromatic nitrogens is 6. The fourth-order valence-electron chi connectivity index (χ4n) is 6.32. The van der Waals surface area contributed by atoms with Crippen LogP contribution in [0.4, 0.5) is 4.39 Å². The van der Waals surface area contributed by atoms with Crippen LogP contribution >= 0.6 is 0 Å². The number of aliphatic hydroxyl groups is 1. The van der Waals surface area contributed by atoms with Crippen molar-refractivity contribution in [1.82, 2.24) is 45.7 Å². The van der Waals surface area contributed by atoms with Gasteiger partial charge in [0, 0.05) is 44.6 Å². The predicted molar refractivity (Wildman–Crippen MR) is 192 cm³/mol. The summed E-state index contributed by atoms with van der Waals surface area (Å²) in [5.74, 6) is -3.00. The molecule has 3 aromatic rings. The number of aliphatic hydroxyl groups excluding tert-OH is 1. The van der Waals surface area contributed by atoms with Crippen molar-refractivity contribution in [3.63, 3.8) is 0 Å². The Balaban J connectivity index is 1.32. The van der Waals surface area contributed by atoms with E-state index in [9.17, 15) is 28.7 Å². The van der Waals surface area contributed by atoms with Gasteiger partial charge in [-0.1, -0.05) is 48.9 Å². The van der Waals surface area contributed by atoms with Gasteiger partial charge in [0.15, 0.2) is 11.6 Å². The summed E-state index contributed by atoms with van der Waals surface area (Å²) in [4.78, 5) is 59.0. The number of halogens is 1. The molecule has 3 N–H and O–H groups in total. The number of allylic oxidation sites excluding steroid dienone is 2. The first-order valence-electron chi connectivity index (χ1n) is 18.0. The Morgan fingerprint density at radius 3 is 2.78 bits per heavy atom. The van der Waals surface area contributed by atoms with Gasteiger partial charge >= 0.3 is 5.97 Å². The standard InChI is InChI=1S/C37H46FN9O7/c1-23(2)35-25(18-33(50)40-14-16-46-21-29(44-45-46)28-8-5-13-41-43-28)10-11-32(49)39-12-4-7-24(3)17-27(48)19-26(38)20-34-42-30(22-53-34)36(51)47-15-6-9-31(47)37(52)54-35/h4-5,7-8,10-11,13,17,21-23,25-27,31,35,48H,6,9,12,14-16,18-20H2,1-3H3,(H,39,49)(H,40,50)/b7-4+,11-10+,24-17+. The van der Waals surface area contributed by atoms with E-state index in [-0.39, 0.29) is 62.3 Å². The number of hydrogen-bond donors (Lipinski definition) is 3. The molecular weight excluding hydrogens is 701 g/mol. The zero-order chi connectivity index (χ0) is 38.6. The molecule has 2 aliphatic heterocycles. The maximum Gasteiger partial charge on any atom is 0.329 e. The van der Waals surface area contributed by atoms with Crippen LogP contribution in [0.1, 0.15) is 62.8 Å². The van der Waals surface area contributed by atoms with E-state index >= 15 is 0 Å². The smallest absolute Gasteiger partial charge is 0.329 e. The summed E-state index contributed by atoms with van der Waals surface area (Å²) in [6.07, 6.45) is 8.96. The lowest BCUT2D eigenvalue weighted by Crippen LogP contribution is -2.44. The molecule has 1 saturated heterocycles. The number of carbonyl (C=O) groups excluding carboxylic acids is 4.